The number of para-hydroxylation sites is 1. The maximum atomic E-state index is 5.31. The molecule has 0 saturated heterocycles. The first-order valence-electron chi connectivity index (χ1n) is 6.40. The van der Waals surface area contributed by atoms with Crippen molar-refractivity contribution in [3.05, 3.63) is 42.1 Å². The van der Waals surface area contributed by atoms with Gasteiger partial charge in [0, 0.05) is 23.4 Å². The fourth-order valence-electron chi connectivity index (χ4n) is 1.79. The third-order valence-corrected chi connectivity index (χ3v) is 3.68. The Morgan fingerprint density at radius 3 is 2.89 bits per heavy atom. The van der Waals surface area contributed by atoms with E-state index in [1.807, 2.05) is 30.8 Å². The molecule has 96 valence electrons. The third kappa shape index (κ3) is 4.00. The minimum Gasteiger partial charge on any atom is -0.381 e. The Labute approximate surface area is 113 Å². The molecule has 0 aliphatic rings. The van der Waals surface area contributed by atoms with Gasteiger partial charge in [0.15, 0.2) is 0 Å². The van der Waals surface area contributed by atoms with Crippen LogP contribution in [0, 0.1) is 0 Å². The van der Waals surface area contributed by atoms with Gasteiger partial charge < -0.3 is 4.74 Å². The fourth-order valence-corrected chi connectivity index (χ4v) is 2.58. The Balaban J connectivity index is 1.81. The number of aryl methyl sites for hydroxylation is 1. The first-order valence-corrected chi connectivity index (χ1v) is 7.56. The van der Waals surface area contributed by atoms with Crippen LogP contribution in [0.15, 0.2) is 36.4 Å². The number of hydrogen-bond donors (Lipinski definition) is 0. The van der Waals surface area contributed by atoms with Gasteiger partial charge >= 0.3 is 0 Å². The van der Waals surface area contributed by atoms with E-state index in [4.69, 9.17) is 4.74 Å². The second-order valence-electron chi connectivity index (χ2n) is 4.05. The number of ether oxygens (including phenoxy) is 1. The summed E-state index contributed by atoms with van der Waals surface area (Å²) in [5, 5.41) is 1.21. The largest absolute Gasteiger partial charge is 0.381 e. The molecule has 2 nitrogen and oxygen atoms in total. The molecule has 0 amide bonds. The van der Waals surface area contributed by atoms with Crippen molar-refractivity contribution in [2.75, 3.05) is 24.7 Å². The summed E-state index contributed by atoms with van der Waals surface area (Å²) >= 11 is 1.93. The van der Waals surface area contributed by atoms with E-state index in [-0.39, 0.29) is 0 Å². The molecule has 2 aromatic rings. The lowest BCUT2D eigenvalue weighted by atomic mass is 10.2. The quantitative estimate of drug-likeness (QED) is 0.712. The van der Waals surface area contributed by atoms with Crippen molar-refractivity contribution in [1.29, 1.82) is 0 Å². The smallest absolute Gasteiger partial charge is 0.0705 e. The van der Waals surface area contributed by atoms with Crippen LogP contribution in [0.1, 0.15) is 12.6 Å². The van der Waals surface area contributed by atoms with Crippen LogP contribution in [0.25, 0.3) is 10.9 Å². The van der Waals surface area contributed by atoms with Crippen LogP contribution in [0.5, 0.6) is 0 Å². The average Bonchev–Trinajstić information content (AvgIpc) is 2.42. The minimum absolute atomic E-state index is 0.812. The number of hydrogen-bond acceptors (Lipinski definition) is 3. The Morgan fingerprint density at radius 2 is 2.00 bits per heavy atom. The highest BCUT2D eigenvalue weighted by Crippen LogP contribution is 2.13. The van der Waals surface area contributed by atoms with E-state index in [0.29, 0.717) is 0 Å². The molecule has 0 aliphatic carbocycles. The second kappa shape index (κ2) is 7.39. The third-order valence-electron chi connectivity index (χ3n) is 2.73. The molecule has 18 heavy (non-hydrogen) atoms. The Morgan fingerprint density at radius 1 is 1.11 bits per heavy atom. The average molecular weight is 261 g/mol. The standard InChI is InChI=1S/C15H19NOS/c1-2-17-10-12-18-11-9-14-8-7-13-5-3-4-6-15(13)16-14/h3-8H,2,9-12H2,1H3. The van der Waals surface area contributed by atoms with Gasteiger partial charge in [-0.15, -0.1) is 0 Å². The summed E-state index contributed by atoms with van der Waals surface area (Å²) in [7, 11) is 0. The van der Waals surface area contributed by atoms with Crippen LogP contribution in [0.4, 0.5) is 0 Å². The Bertz CT molecular complexity index is 487. The molecule has 0 spiro atoms. The molecule has 1 aromatic heterocycles. The van der Waals surface area contributed by atoms with E-state index < -0.39 is 0 Å². The monoisotopic (exact) mass is 261 g/mol. The normalized spacial score (nSPS) is 10.9. The minimum atomic E-state index is 0.812. The zero-order chi connectivity index (χ0) is 12.6. The lowest BCUT2D eigenvalue weighted by Gasteiger charge is -2.03. The van der Waals surface area contributed by atoms with E-state index in [1.165, 1.54) is 11.1 Å². The van der Waals surface area contributed by atoms with Gasteiger partial charge in [0.25, 0.3) is 0 Å². The van der Waals surface area contributed by atoms with Crippen molar-refractivity contribution in [2.45, 2.75) is 13.3 Å². The van der Waals surface area contributed by atoms with Crippen molar-refractivity contribution in [1.82, 2.24) is 4.98 Å². The first kappa shape index (κ1) is 13.4. The van der Waals surface area contributed by atoms with Crippen LogP contribution < -0.4 is 0 Å². The van der Waals surface area contributed by atoms with Gasteiger partial charge in [0.2, 0.25) is 0 Å². The van der Waals surface area contributed by atoms with Gasteiger partial charge in [-0.3, -0.25) is 4.98 Å². The zero-order valence-corrected chi connectivity index (χ0v) is 11.6. The molecular weight excluding hydrogens is 242 g/mol. The summed E-state index contributed by atoms with van der Waals surface area (Å²) in [4.78, 5) is 4.66. The van der Waals surface area contributed by atoms with E-state index in [9.17, 15) is 0 Å². The van der Waals surface area contributed by atoms with Gasteiger partial charge in [0.1, 0.15) is 0 Å². The van der Waals surface area contributed by atoms with Gasteiger partial charge in [-0.1, -0.05) is 24.3 Å². The molecule has 0 fully saturated rings. The lowest BCUT2D eigenvalue weighted by Crippen LogP contribution is -1.99. The van der Waals surface area contributed by atoms with E-state index in [1.54, 1.807) is 0 Å². The van der Waals surface area contributed by atoms with Crippen molar-refractivity contribution in [3.63, 3.8) is 0 Å². The predicted octanol–water partition coefficient (Wildman–Crippen LogP) is 3.55. The highest BCUT2D eigenvalue weighted by atomic mass is 32.2. The zero-order valence-electron chi connectivity index (χ0n) is 10.8. The van der Waals surface area contributed by atoms with Gasteiger partial charge in [0.05, 0.1) is 12.1 Å². The number of aromatic nitrogens is 1. The van der Waals surface area contributed by atoms with Gasteiger partial charge in [-0.2, -0.15) is 11.8 Å². The number of thioether (sulfide) groups is 1. The summed E-state index contributed by atoms with van der Waals surface area (Å²) in [5.74, 6) is 2.18. The molecule has 0 bridgehead atoms. The van der Waals surface area contributed by atoms with Crippen LogP contribution in [0.3, 0.4) is 0 Å². The summed E-state index contributed by atoms with van der Waals surface area (Å²) in [6.07, 6.45) is 1.03. The van der Waals surface area contributed by atoms with Gasteiger partial charge in [-0.05, 0) is 31.2 Å². The number of rotatable bonds is 7. The summed E-state index contributed by atoms with van der Waals surface area (Å²) < 4.78 is 5.31. The predicted molar refractivity (Wildman–Crippen MR) is 79.3 cm³/mol. The molecule has 1 heterocycles. The highest BCUT2D eigenvalue weighted by Gasteiger charge is 1.98. The van der Waals surface area contributed by atoms with Crippen LogP contribution >= 0.6 is 11.8 Å². The summed E-state index contributed by atoms with van der Waals surface area (Å²) in [6.45, 7) is 3.70. The second-order valence-corrected chi connectivity index (χ2v) is 5.28. The molecular formula is C15H19NOS. The number of benzene rings is 1. The lowest BCUT2D eigenvalue weighted by molar-refractivity contribution is 0.164. The van der Waals surface area contributed by atoms with Gasteiger partial charge in [-0.25, -0.2) is 0 Å². The Kier molecular flexibility index (Phi) is 5.49. The number of pyridine rings is 1. The van der Waals surface area contributed by atoms with Crippen molar-refractivity contribution < 1.29 is 4.74 Å². The Hall–Kier alpha value is -1.06. The maximum Gasteiger partial charge on any atom is 0.0705 e. The molecule has 0 radical (unpaired) electrons. The molecule has 2 rings (SSSR count). The topological polar surface area (TPSA) is 22.1 Å². The molecule has 0 atom stereocenters. The maximum absolute atomic E-state index is 5.31. The molecule has 0 unspecified atom stereocenters. The molecule has 1 aromatic carbocycles. The van der Waals surface area contributed by atoms with Crippen molar-refractivity contribution in [3.8, 4) is 0 Å². The molecule has 3 heteroatoms. The van der Waals surface area contributed by atoms with Crippen molar-refractivity contribution >= 4 is 22.7 Å². The molecule has 0 saturated carbocycles. The van der Waals surface area contributed by atoms with Crippen LogP contribution in [-0.4, -0.2) is 29.7 Å². The SMILES string of the molecule is CCOCCSCCc1ccc2ccccc2n1. The number of nitrogens with zero attached hydrogens (tertiary/aromatic N) is 1. The summed E-state index contributed by atoms with van der Waals surface area (Å²) in [6, 6.07) is 12.5. The molecule has 0 aliphatic heterocycles. The summed E-state index contributed by atoms with van der Waals surface area (Å²) in [5.41, 5.74) is 2.27. The van der Waals surface area contributed by atoms with Crippen LogP contribution in [0.2, 0.25) is 0 Å². The van der Waals surface area contributed by atoms with E-state index in [0.717, 1.165) is 36.7 Å². The van der Waals surface area contributed by atoms with Crippen LogP contribution in [-0.2, 0) is 11.2 Å². The van der Waals surface area contributed by atoms with E-state index >= 15 is 0 Å². The molecule has 0 N–H and O–H groups in total. The van der Waals surface area contributed by atoms with Crippen molar-refractivity contribution in [2.24, 2.45) is 0 Å². The van der Waals surface area contributed by atoms with E-state index in [2.05, 4.69) is 29.2 Å². The number of fused-ring (bicyclic) bond motifs is 1. The highest BCUT2D eigenvalue weighted by molar-refractivity contribution is 7.99. The fraction of sp³-hybridized carbons (Fsp3) is 0.400. The first-order chi connectivity index (χ1) is 8.90.